The van der Waals surface area contributed by atoms with Gasteiger partial charge in [0.05, 0.1) is 17.7 Å². The summed E-state index contributed by atoms with van der Waals surface area (Å²) >= 11 is 9.21. The van der Waals surface area contributed by atoms with Crippen LogP contribution in [0.4, 0.5) is 8.78 Å². The maximum atomic E-state index is 14.4. The zero-order valence-electron chi connectivity index (χ0n) is 13.6. The Hall–Kier alpha value is -2.25. The number of likely N-dealkylation sites (N-methyl/N-ethyl adjacent to an activating group) is 1. The van der Waals surface area contributed by atoms with Crippen LogP contribution in [-0.2, 0) is 11.2 Å². The van der Waals surface area contributed by atoms with Crippen molar-refractivity contribution in [1.82, 2.24) is 14.9 Å². The fourth-order valence-electron chi connectivity index (χ4n) is 2.60. The largest absolute Gasteiger partial charge is 0.359 e. The van der Waals surface area contributed by atoms with Crippen molar-refractivity contribution in [2.45, 2.75) is 6.42 Å². The topological polar surface area (TPSA) is 46.9 Å². The molecule has 134 valence electrons. The molecule has 1 N–H and O–H groups in total. The van der Waals surface area contributed by atoms with Crippen LogP contribution in [0.5, 0.6) is 0 Å². The molecule has 2 aromatic carbocycles. The number of nitrogens with one attached hydrogen (secondary N) is 1. The second-order valence-electron chi connectivity index (χ2n) is 5.43. The zero-order valence-corrected chi connectivity index (χ0v) is 15.9. The highest BCUT2D eigenvalue weighted by molar-refractivity contribution is 9.10. The summed E-state index contributed by atoms with van der Waals surface area (Å²) in [6.45, 7) is 0. The zero-order chi connectivity index (χ0) is 18.8. The Kier molecular flexibility index (Phi) is 5.38. The molecule has 0 spiro atoms. The van der Waals surface area contributed by atoms with E-state index in [-0.39, 0.29) is 28.2 Å². The summed E-state index contributed by atoms with van der Waals surface area (Å²) in [6.07, 6.45) is -0.0617. The third-order valence-corrected chi connectivity index (χ3v) is 4.59. The Morgan fingerprint density at radius 3 is 2.38 bits per heavy atom. The van der Waals surface area contributed by atoms with Gasteiger partial charge in [-0.1, -0.05) is 17.7 Å². The fourth-order valence-corrected chi connectivity index (χ4v) is 3.30. The molecule has 1 amide bonds. The first kappa shape index (κ1) is 18.5. The molecule has 1 heterocycles. The number of carbonyl (C=O) groups excluding carboxylic acids is 1. The number of halogens is 4. The third kappa shape index (κ3) is 3.50. The van der Waals surface area contributed by atoms with E-state index in [2.05, 4.69) is 26.2 Å². The van der Waals surface area contributed by atoms with Gasteiger partial charge in [-0.3, -0.25) is 9.36 Å². The predicted molar refractivity (Wildman–Crippen MR) is 99.4 cm³/mol. The first-order chi connectivity index (χ1) is 12.4. The number of aromatic nitrogens is 2. The molecular weight excluding hydrogens is 428 g/mol. The molecule has 26 heavy (non-hydrogen) atoms. The number of hydrogen-bond donors (Lipinski definition) is 1. The molecule has 4 nitrogen and oxygen atoms in total. The van der Waals surface area contributed by atoms with Crippen molar-refractivity contribution in [3.05, 3.63) is 69.5 Å². The average Bonchev–Trinajstić information content (AvgIpc) is 2.91. The monoisotopic (exact) mass is 439 g/mol. The molecule has 0 unspecified atom stereocenters. The van der Waals surface area contributed by atoms with E-state index in [1.807, 2.05) is 0 Å². The molecule has 0 aliphatic heterocycles. The van der Waals surface area contributed by atoms with E-state index < -0.39 is 11.6 Å². The molecule has 0 aliphatic rings. The molecule has 1 aromatic heterocycles. The van der Waals surface area contributed by atoms with Crippen molar-refractivity contribution in [3.8, 4) is 16.9 Å². The average molecular weight is 441 g/mol. The van der Waals surface area contributed by atoms with E-state index in [1.165, 1.54) is 29.8 Å². The van der Waals surface area contributed by atoms with E-state index in [0.29, 0.717) is 16.5 Å². The molecule has 0 saturated heterocycles. The van der Waals surface area contributed by atoms with Crippen LogP contribution >= 0.6 is 27.5 Å². The Bertz CT molecular complexity index is 953. The molecule has 0 fully saturated rings. The highest BCUT2D eigenvalue weighted by Crippen LogP contribution is 2.35. The molecule has 0 atom stereocenters. The second-order valence-corrected chi connectivity index (χ2v) is 6.61. The standard InChI is InChI=1S/C18H13BrClF2N3O/c1-23-15(26)9-14-24-18(19)17(16-12(21)3-2-4-13(16)22)25(14)11-7-5-10(20)6-8-11/h2-8H,9H2,1H3,(H,23,26). The van der Waals surface area contributed by atoms with E-state index in [9.17, 15) is 13.6 Å². The Morgan fingerprint density at radius 1 is 1.19 bits per heavy atom. The SMILES string of the molecule is CNC(=O)Cc1nc(Br)c(-c2c(F)cccc2F)n1-c1ccc(Cl)cc1. The number of hydrogen-bond acceptors (Lipinski definition) is 2. The molecule has 3 aromatic rings. The van der Waals surface area contributed by atoms with Crippen LogP contribution < -0.4 is 5.32 Å². The van der Waals surface area contributed by atoms with Crippen molar-refractivity contribution < 1.29 is 13.6 Å². The van der Waals surface area contributed by atoms with Crippen LogP contribution in [0.25, 0.3) is 16.9 Å². The molecule has 0 saturated carbocycles. The highest BCUT2D eigenvalue weighted by Gasteiger charge is 2.24. The minimum atomic E-state index is -0.729. The molecule has 0 bridgehead atoms. The number of benzene rings is 2. The van der Waals surface area contributed by atoms with Gasteiger partial charge < -0.3 is 5.32 Å². The van der Waals surface area contributed by atoms with Gasteiger partial charge in [0, 0.05) is 17.8 Å². The number of amides is 1. The Morgan fingerprint density at radius 2 is 1.81 bits per heavy atom. The summed E-state index contributed by atoms with van der Waals surface area (Å²) in [4.78, 5) is 16.2. The summed E-state index contributed by atoms with van der Waals surface area (Å²) in [5.74, 6) is -1.41. The molecule has 0 aliphatic carbocycles. The van der Waals surface area contributed by atoms with Crippen LogP contribution in [0.15, 0.2) is 47.1 Å². The second kappa shape index (κ2) is 7.55. The normalized spacial score (nSPS) is 10.8. The van der Waals surface area contributed by atoms with Gasteiger partial charge >= 0.3 is 0 Å². The van der Waals surface area contributed by atoms with Crippen molar-refractivity contribution in [3.63, 3.8) is 0 Å². The minimum absolute atomic E-state index is 0.0617. The van der Waals surface area contributed by atoms with Gasteiger partial charge in [-0.15, -0.1) is 0 Å². The van der Waals surface area contributed by atoms with Crippen molar-refractivity contribution >= 4 is 33.4 Å². The quantitative estimate of drug-likeness (QED) is 0.648. The fraction of sp³-hybridized carbons (Fsp3) is 0.111. The van der Waals surface area contributed by atoms with Crippen LogP contribution in [0.1, 0.15) is 5.82 Å². The van der Waals surface area contributed by atoms with E-state index >= 15 is 0 Å². The van der Waals surface area contributed by atoms with Crippen LogP contribution in [-0.4, -0.2) is 22.5 Å². The van der Waals surface area contributed by atoms with Gasteiger partial charge in [0.1, 0.15) is 22.1 Å². The lowest BCUT2D eigenvalue weighted by atomic mass is 10.1. The lowest BCUT2D eigenvalue weighted by molar-refractivity contribution is -0.120. The van der Waals surface area contributed by atoms with Gasteiger partial charge in [-0.05, 0) is 52.3 Å². The first-order valence-electron chi connectivity index (χ1n) is 7.60. The third-order valence-electron chi connectivity index (χ3n) is 3.79. The van der Waals surface area contributed by atoms with Crippen molar-refractivity contribution in [1.29, 1.82) is 0 Å². The number of nitrogens with zero attached hydrogens (tertiary/aromatic N) is 2. The molecule has 0 radical (unpaired) electrons. The molecular formula is C18H13BrClF2N3O. The van der Waals surface area contributed by atoms with E-state index in [4.69, 9.17) is 11.6 Å². The maximum Gasteiger partial charge on any atom is 0.227 e. The summed E-state index contributed by atoms with van der Waals surface area (Å²) in [7, 11) is 1.50. The van der Waals surface area contributed by atoms with Crippen LogP contribution in [0.3, 0.4) is 0 Å². The van der Waals surface area contributed by atoms with Crippen molar-refractivity contribution in [2.75, 3.05) is 7.05 Å². The number of rotatable bonds is 4. The maximum absolute atomic E-state index is 14.4. The number of carbonyl (C=O) groups is 1. The first-order valence-corrected chi connectivity index (χ1v) is 8.77. The smallest absolute Gasteiger partial charge is 0.227 e. The molecule has 8 heteroatoms. The van der Waals surface area contributed by atoms with E-state index in [1.54, 1.807) is 24.3 Å². The highest BCUT2D eigenvalue weighted by atomic mass is 79.9. The van der Waals surface area contributed by atoms with Crippen LogP contribution in [0.2, 0.25) is 5.02 Å². The van der Waals surface area contributed by atoms with Gasteiger partial charge in [-0.2, -0.15) is 0 Å². The van der Waals surface area contributed by atoms with Gasteiger partial charge in [0.25, 0.3) is 0 Å². The summed E-state index contributed by atoms with van der Waals surface area (Å²) in [5, 5.41) is 3.03. The van der Waals surface area contributed by atoms with Gasteiger partial charge in [0.2, 0.25) is 5.91 Å². The van der Waals surface area contributed by atoms with Gasteiger partial charge in [-0.25, -0.2) is 13.8 Å². The summed E-state index contributed by atoms with van der Waals surface area (Å²) < 4.78 is 30.6. The number of imidazole rings is 1. The summed E-state index contributed by atoms with van der Waals surface area (Å²) in [6, 6.07) is 10.3. The predicted octanol–water partition coefficient (Wildman–Crippen LogP) is 4.52. The lowest BCUT2D eigenvalue weighted by Gasteiger charge is -2.13. The minimum Gasteiger partial charge on any atom is -0.359 e. The van der Waals surface area contributed by atoms with Crippen LogP contribution in [0, 0.1) is 11.6 Å². The molecule has 3 rings (SSSR count). The van der Waals surface area contributed by atoms with E-state index in [0.717, 1.165) is 0 Å². The lowest BCUT2D eigenvalue weighted by Crippen LogP contribution is -2.22. The Balaban J connectivity index is 2.30. The van der Waals surface area contributed by atoms with Crippen molar-refractivity contribution in [2.24, 2.45) is 0 Å². The Labute approximate surface area is 161 Å². The van der Waals surface area contributed by atoms with Gasteiger partial charge in [0.15, 0.2) is 0 Å². The summed E-state index contributed by atoms with van der Waals surface area (Å²) in [5.41, 5.74) is 0.524.